The van der Waals surface area contributed by atoms with Crippen LogP contribution in [0.3, 0.4) is 0 Å². The van der Waals surface area contributed by atoms with E-state index in [0.717, 1.165) is 38.6 Å². The molecule has 2 N–H and O–H groups in total. The molecule has 0 atom stereocenters. The van der Waals surface area contributed by atoms with E-state index in [1.807, 2.05) is 0 Å². The van der Waals surface area contributed by atoms with Crippen molar-refractivity contribution in [3.8, 4) is 0 Å². The van der Waals surface area contributed by atoms with Gasteiger partial charge in [-0.2, -0.15) is 11.3 Å². The maximum absolute atomic E-state index is 5.38. The molecular formula is C14H23N3O2S. The van der Waals surface area contributed by atoms with E-state index < -0.39 is 0 Å². The number of hydrogen-bond acceptors (Lipinski definition) is 4. The van der Waals surface area contributed by atoms with Gasteiger partial charge in [-0.15, -0.1) is 0 Å². The van der Waals surface area contributed by atoms with Crippen LogP contribution in [0.4, 0.5) is 0 Å². The highest BCUT2D eigenvalue weighted by Gasteiger charge is 2.14. The molecule has 0 saturated carbocycles. The zero-order valence-corrected chi connectivity index (χ0v) is 12.7. The normalized spacial score (nSPS) is 17.1. The molecule has 2 rings (SSSR count). The number of guanidine groups is 1. The summed E-state index contributed by atoms with van der Waals surface area (Å²) in [5, 5.41) is 11.0. The molecule has 20 heavy (non-hydrogen) atoms. The number of methoxy groups -OCH3 is 1. The standard InChI is InChI=1S/C14H23N3O2S/c1-18-8-5-15-14(16-10-12-4-9-20-11-12)17-13-2-6-19-7-3-13/h4,9,11,13H,2-3,5-8,10H2,1H3,(H2,15,16,17). The molecule has 1 aromatic heterocycles. The van der Waals surface area contributed by atoms with E-state index in [1.165, 1.54) is 5.56 Å². The predicted molar refractivity (Wildman–Crippen MR) is 82.3 cm³/mol. The van der Waals surface area contributed by atoms with Crippen molar-refractivity contribution in [3.63, 3.8) is 0 Å². The topological polar surface area (TPSA) is 54.9 Å². The van der Waals surface area contributed by atoms with E-state index in [1.54, 1.807) is 18.4 Å². The van der Waals surface area contributed by atoms with Gasteiger partial charge in [0.1, 0.15) is 0 Å². The van der Waals surface area contributed by atoms with Gasteiger partial charge in [0, 0.05) is 32.9 Å². The molecule has 6 heteroatoms. The van der Waals surface area contributed by atoms with Gasteiger partial charge in [0.05, 0.1) is 13.2 Å². The van der Waals surface area contributed by atoms with Crippen molar-refractivity contribution >= 4 is 17.3 Å². The molecule has 1 saturated heterocycles. The van der Waals surface area contributed by atoms with Gasteiger partial charge in [0.15, 0.2) is 5.96 Å². The lowest BCUT2D eigenvalue weighted by molar-refractivity contribution is 0.0821. The minimum atomic E-state index is 0.444. The zero-order valence-electron chi connectivity index (χ0n) is 11.9. The van der Waals surface area contributed by atoms with Gasteiger partial charge < -0.3 is 20.1 Å². The quantitative estimate of drug-likeness (QED) is 0.476. The number of aliphatic imine (C=N–C) groups is 1. The highest BCUT2D eigenvalue weighted by molar-refractivity contribution is 7.07. The summed E-state index contributed by atoms with van der Waals surface area (Å²) < 4.78 is 10.4. The van der Waals surface area contributed by atoms with E-state index in [0.29, 0.717) is 19.2 Å². The van der Waals surface area contributed by atoms with Crippen molar-refractivity contribution in [1.29, 1.82) is 0 Å². The summed E-state index contributed by atoms with van der Waals surface area (Å²) >= 11 is 1.70. The summed E-state index contributed by atoms with van der Waals surface area (Å²) in [6.07, 6.45) is 2.06. The highest BCUT2D eigenvalue weighted by Crippen LogP contribution is 2.08. The second-order valence-electron chi connectivity index (χ2n) is 4.75. The molecule has 0 aliphatic carbocycles. The number of nitrogens with zero attached hydrogens (tertiary/aromatic N) is 1. The first-order valence-electron chi connectivity index (χ1n) is 7.01. The van der Waals surface area contributed by atoms with Gasteiger partial charge in [0.25, 0.3) is 0 Å². The first-order valence-corrected chi connectivity index (χ1v) is 7.95. The summed E-state index contributed by atoms with van der Waals surface area (Å²) in [4.78, 5) is 4.64. The molecule has 5 nitrogen and oxygen atoms in total. The fraction of sp³-hybridized carbons (Fsp3) is 0.643. The molecule has 0 spiro atoms. The van der Waals surface area contributed by atoms with E-state index in [9.17, 15) is 0 Å². The van der Waals surface area contributed by atoms with Crippen molar-refractivity contribution in [2.24, 2.45) is 4.99 Å². The lowest BCUT2D eigenvalue weighted by atomic mass is 10.1. The number of thiophene rings is 1. The van der Waals surface area contributed by atoms with Gasteiger partial charge >= 0.3 is 0 Å². The molecule has 112 valence electrons. The first kappa shape index (κ1) is 15.3. The third-order valence-corrected chi connectivity index (χ3v) is 3.89. The smallest absolute Gasteiger partial charge is 0.191 e. The molecule has 1 aliphatic heterocycles. The Bertz CT molecular complexity index is 389. The summed E-state index contributed by atoms with van der Waals surface area (Å²) in [5.74, 6) is 0.861. The van der Waals surface area contributed by atoms with Crippen LogP contribution in [0.15, 0.2) is 21.8 Å². The van der Waals surface area contributed by atoms with Gasteiger partial charge in [-0.3, -0.25) is 0 Å². The van der Waals surface area contributed by atoms with Crippen LogP contribution < -0.4 is 10.6 Å². The molecule has 2 heterocycles. The molecule has 1 aliphatic rings. The molecular weight excluding hydrogens is 274 g/mol. The van der Waals surface area contributed by atoms with Crippen molar-refractivity contribution in [2.75, 3.05) is 33.5 Å². The largest absolute Gasteiger partial charge is 0.383 e. The van der Waals surface area contributed by atoms with Crippen molar-refractivity contribution < 1.29 is 9.47 Å². The molecule has 1 aromatic rings. The third kappa shape index (κ3) is 5.48. The van der Waals surface area contributed by atoms with Crippen LogP contribution in [0.1, 0.15) is 18.4 Å². The van der Waals surface area contributed by atoms with Crippen LogP contribution in [0, 0.1) is 0 Å². The van der Waals surface area contributed by atoms with Gasteiger partial charge in [-0.1, -0.05) is 0 Å². The molecule has 0 unspecified atom stereocenters. The van der Waals surface area contributed by atoms with E-state index in [-0.39, 0.29) is 0 Å². The van der Waals surface area contributed by atoms with Gasteiger partial charge in [0.2, 0.25) is 0 Å². The number of hydrogen-bond donors (Lipinski definition) is 2. The lowest BCUT2D eigenvalue weighted by Gasteiger charge is -2.25. The minimum Gasteiger partial charge on any atom is -0.383 e. The van der Waals surface area contributed by atoms with E-state index >= 15 is 0 Å². The summed E-state index contributed by atoms with van der Waals surface area (Å²) in [7, 11) is 1.70. The van der Waals surface area contributed by atoms with Crippen LogP contribution in [-0.4, -0.2) is 45.5 Å². The maximum atomic E-state index is 5.38. The Morgan fingerprint density at radius 2 is 2.35 bits per heavy atom. The molecule has 1 fully saturated rings. The maximum Gasteiger partial charge on any atom is 0.191 e. The van der Waals surface area contributed by atoms with Crippen LogP contribution in [0.2, 0.25) is 0 Å². The van der Waals surface area contributed by atoms with Crippen molar-refractivity contribution in [3.05, 3.63) is 22.4 Å². The summed E-state index contributed by atoms with van der Waals surface area (Å²) in [6, 6.07) is 2.55. The minimum absolute atomic E-state index is 0.444. The van der Waals surface area contributed by atoms with E-state index in [4.69, 9.17) is 9.47 Å². The lowest BCUT2D eigenvalue weighted by Crippen LogP contribution is -2.46. The van der Waals surface area contributed by atoms with Crippen molar-refractivity contribution in [1.82, 2.24) is 10.6 Å². The Hall–Kier alpha value is -1.11. The van der Waals surface area contributed by atoms with Gasteiger partial charge in [-0.25, -0.2) is 4.99 Å². The summed E-state index contributed by atoms with van der Waals surface area (Å²) in [6.45, 7) is 3.79. The Labute approximate surface area is 124 Å². The molecule has 0 amide bonds. The second-order valence-corrected chi connectivity index (χ2v) is 5.53. The highest BCUT2D eigenvalue weighted by atomic mass is 32.1. The summed E-state index contributed by atoms with van der Waals surface area (Å²) in [5.41, 5.74) is 1.25. The molecule has 0 bridgehead atoms. The van der Waals surface area contributed by atoms with Crippen molar-refractivity contribution in [2.45, 2.75) is 25.4 Å². The SMILES string of the molecule is COCCNC(=NCc1ccsc1)NC1CCOCC1. The van der Waals surface area contributed by atoms with Crippen LogP contribution >= 0.6 is 11.3 Å². The molecule has 0 radical (unpaired) electrons. The average molecular weight is 297 g/mol. The monoisotopic (exact) mass is 297 g/mol. The average Bonchev–Trinajstić information content (AvgIpc) is 2.99. The number of rotatable bonds is 6. The Morgan fingerprint density at radius 3 is 3.05 bits per heavy atom. The van der Waals surface area contributed by atoms with Crippen LogP contribution in [0.25, 0.3) is 0 Å². The van der Waals surface area contributed by atoms with Crippen LogP contribution in [-0.2, 0) is 16.0 Å². The Morgan fingerprint density at radius 1 is 1.50 bits per heavy atom. The number of nitrogens with one attached hydrogen (secondary N) is 2. The first-order chi connectivity index (χ1) is 9.88. The Kier molecular flexibility index (Phi) is 6.83. The fourth-order valence-corrected chi connectivity index (χ4v) is 2.67. The number of ether oxygens (including phenoxy) is 2. The second kappa shape index (κ2) is 8.94. The third-order valence-electron chi connectivity index (χ3n) is 3.16. The fourth-order valence-electron chi connectivity index (χ4n) is 2.01. The Balaban J connectivity index is 1.86. The molecule has 0 aromatic carbocycles. The predicted octanol–water partition coefficient (Wildman–Crippen LogP) is 1.61. The van der Waals surface area contributed by atoms with Crippen LogP contribution in [0.5, 0.6) is 0 Å². The van der Waals surface area contributed by atoms with Gasteiger partial charge in [-0.05, 0) is 35.2 Å². The van der Waals surface area contributed by atoms with E-state index in [2.05, 4.69) is 32.5 Å². The zero-order chi connectivity index (χ0) is 14.0.